The molecule has 0 unspecified atom stereocenters. The summed E-state index contributed by atoms with van der Waals surface area (Å²) in [5.74, 6) is -1.32. The minimum Gasteiger partial charge on any atom is -0.477 e. The third kappa shape index (κ3) is 3.00. The number of aromatic carboxylic acids is 1. The van der Waals surface area contributed by atoms with E-state index in [0.717, 1.165) is 17.0 Å². The number of nitrogens with zero attached hydrogens (tertiary/aromatic N) is 5. The van der Waals surface area contributed by atoms with Gasteiger partial charge in [-0.25, -0.2) is 9.48 Å². The van der Waals surface area contributed by atoms with Crippen molar-refractivity contribution >= 4 is 11.9 Å². The van der Waals surface area contributed by atoms with Gasteiger partial charge in [0.15, 0.2) is 0 Å². The van der Waals surface area contributed by atoms with Crippen LogP contribution in [-0.4, -0.2) is 48.5 Å². The van der Waals surface area contributed by atoms with Gasteiger partial charge in [0.1, 0.15) is 12.2 Å². The molecule has 0 saturated carbocycles. The summed E-state index contributed by atoms with van der Waals surface area (Å²) >= 11 is 0. The van der Waals surface area contributed by atoms with Crippen LogP contribution in [0.25, 0.3) is 0 Å². The first kappa shape index (κ1) is 15.7. The molecular weight excluding hydrogens is 286 g/mol. The molecule has 8 nitrogen and oxygen atoms in total. The van der Waals surface area contributed by atoms with E-state index in [0.29, 0.717) is 6.54 Å². The summed E-state index contributed by atoms with van der Waals surface area (Å²) in [6.07, 6.45) is 1.37. The molecule has 2 aromatic rings. The maximum atomic E-state index is 12.3. The first-order valence-corrected chi connectivity index (χ1v) is 6.79. The molecule has 0 aliphatic carbocycles. The van der Waals surface area contributed by atoms with Gasteiger partial charge in [0.05, 0.1) is 5.69 Å². The molecule has 0 bridgehead atoms. The number of aryl methyl sites for hydroxylation is 2. The summed E-state index contributed by atoms with van der Waals surface area (Å²) in [5.41, 5.74) is 2.88. The Kier molecular flexibility index (Phi) is 4.30. The Morgan fingerprint density at radius 2 is 2.05 bits per heavy atom. The van der Waals surface area contributed by atoms with E-state index in [4.69, 9.17) is 5.11 Å². The fourth-order valence-corrected chi connectivity index (χ4v) is 2.26. The quantitative estimate of drug-likeness (QED) is 0.872. The molecule has 1 N–H and O–H groups in total. The van der Waals surface area contributed by atoms with Crippen molar-refractivity contribution in [3.05, 3.63) is 34.9 Å². The number of carbonyl (C=O) groups excluding carboxylic acids is 1. The molecule has 0 radical (unpaired) electrons. The number of likely N-dealkylation sites (N-methyl/N-ethyl adjacent to an activating group) is 1. The molecule has 22 heavy (non-hydrogen) atoms. The van der Waals surface area contributed by atoms with Crippen LogP contribution in [0.4, 0.5) is 0 Å². The number of rotatable bonds is 5. The van der Waals surface area contributed by atoms with E-state index in [-0.39, 0.29) is 18.1 Å². The number of carboxylic acid groups (broad SMARTS) is 1. The van der Waals surface area contributed by atoms with Crippen LogP contribution in [-0.2, 0) is 24.9 Å². The number of hydrogen-bond acceptors (Lipinski definition) is 4. The van der Waals surface area contributed by atoms with E-state index in [2.05, 4.69) is 10.2 Å². The number of aromatic nitrogens is 4. The Morgan fingerprint density at radius 3 is 2.59 bits per heavy atom. The van der Waals surface area contributed by atoms with Gasteiger partial charge in [-0.3, -0.25) is 9.48 Å². The molecule has 1 amide bonds. The summed E-state index contributed by atoms with van der Waals surface area (Å²) in [7, 11) is 3.54. The molecule has 118 valence electrons. The van der Waals surface area contributed by atoms with Crippen molar-refractivity contribution in [2.75, 3.05) is 7.05 Å². The van der Waals surface area contributed by atoms with Gasteiger partial charge in [-0.1, -0.05) is 0 Å². The maximum Gasteiger partial charge on any atom is 0.354 e. The van der Waals surface area contributed by atoms with Crippen molar-refractivity contribution in [2.24, 2.45) is 7.05 Å². The van der Waals surface area contributed by atoms with Crippen LogP contribution in [0.3, 0.4) is 0 Å². The molecule has 0 spiro atoms. The second-order valence-electron chi connectivity index (χ2n) is 5.20. The van der Waals surface area contributed by atoms with Crippen molar-refractivity contribution in [1.29, 1.82) is 0 Å². The van der Waals surface area contributed by atoms with E-state index >= 15 is 0 Å². The Morgan fingerprint density at radius 1 is 1.36 bits per heavy atom. The number of hydrogen-bond donors (Lipinski definition) is 1. The second-order valence-corrected chi connectivity index (χ2v) is 5.20. The lowest BCUT2D eigenvalue weighted by Gasteiger charge is -2.18. The fraction of sp³-hybridized carbons (Fsp3) is 0.429. The first-order valence-electron chi connectivity index (χ1n) is 6.79. The Balaban J connectivity index is 2.09. The number of amides is 1. The molecule has 2 heterocycles. The Labute approximate surface area is 127 Å². The summed E-state index contributed by atoms with van der Waals surface area (Å²) in [6, 6.07) is 1.37. The predicted molar refractivity (Wildman–Crippen MR) is 78.3 cm³/mol. The van der Waals surface area contributed by atoms with Gasteiger partial charge in [-0.2, -0.15) is 10.2 Å². The van der Waals surface area contributed by atoms with Crippen molar-refractivity contribution in [1.82, 2.24) is 24.5 Å². The third-order valence-corrected chi connectivity index (χ3v) is 3.70. The molecule has 8 heteroatoms. The van der Waals surface area contributed by atoms with Crippen molar-refractivity contribution in [3.63, 3.8) is 0 Å². The molecule has 2 aromatic heterocycles. The van der Waals surface area contributed by atoms with Gasteiger partial charge in [-0.15, -0.1) is 0 Å². The average molecular weight is 305 g/mol. The van der Waals surface area contributed by atoms with Gasteiger partial charge in [-0.05, 0) is 19.9 Å². The highest BCUT2D eigenvalue weighted by Crippen LogP contribution is 2.14. The molecule has 0 aromatic carbocycles. The normalized spacial score (nSPS) is 10.7. The van der Waals surface area contributed by atoms with Crippen LogP contribution in [0.15, 0.2) is 12.3 Å². The SMILES string of the molecule is Cc1nn(C)c(C)c1CN(C)C(=O)Cn1nccc1C(=O)O. The fourth-order valence-electron chi connectivity index (χ4n) is 2.26. The van der Waals surface area contributed by atoms with Crippen molar-refractivity contribution in [2.45, 2.75) is 26.9 Å². The van der Waals surface area contributed by atoms with E-state index in [1.165, 1.54) is 16.9 Å². The van der Waals surface area contributed by atoms with Crippen molar-refractivity contribution in [3.8, 4) is 0 Å². The lowest BCUT2D eigenvalue weighted by Crippen LogP contribution is -2.31. The smallest absolute Gasteiger partial charge is 0.354 e. The van der Waals surface area contributed by atoms with Gasteiger partial charge in [0, 0.05) is 38.1 Å². The Hall–Kier alpha value is -2.64. The lowest BCUT2D eigenvalue weighted by atomic mass is 10.2. The minimum atomic E-state index is -1.10. The van der Waals surface area contributed by atoms with Crippen LogP contribution in [0.1, 0.15) is 27.4 Å². The summed E-state index contributed by atoms with van der Waals surface area (Å²) < 4.78 is 2.96. The highest BCUT2D eigenvalue weighted by molar-refractivity contribution is 5.86. The molecule has 0 saturated heterocycles. The largest absolute Gasteiger partial charge is 0.477 e. The molecule has 0 atom stereocenters. The zero-order valence-corrected chi connectivity index (χ0v) is 13.1. The van der Waals surface area contributed by atoms with Gasteiger partial charge >= 0.3 is 5.97 Å². The summed E-state index contributed by atoms with van der Waals surface area (Å²) in [6.45, 7) is 4.16. The first-order chi connectivity index (χ1) is 10.3. The van der Waals surface area contributed by atoms with Crippen LogP contribution >= 0.6 is 0 Å². The molecule has 0 aliphatic rings. The van der Waals surface area contributed by atoms with Crippen LogP contribution in [0.5, 0.6) is 0 Å². The van der Waals surface area contributed by atoms with E-state index < -0.39 is 5.97 Å². The molecule has 2 rings (SSSR count). The topological polar surface area (TPSA) is 93.3 Å². The minimum absolute atomic E-state index is 0.00418. The standard InChI is InChI=1S/C14H19N5O3/c1-9-11(10(2)18(4)16-9)7-17(3)13(20)8-19-12(14(21)22)5-6-15-19/h5-6H,7-8H2,1-4H3,(H,21,22). The zero-order chi connectivity index (χ0) is 16.4. The molecule has 0 fully saturated rings. The number of carboxylic acids is 1. The lowest BCUT2D eigenvalue weighted by molar-refractivity contribution is -0.131. The maximum absolute atomic E-state index is 12.3. The third-order valence-electron chi connectivity index (χ3n) is 3.70. The van der Waals surface area contributed by atoms with E-state index in [1.54, 1.807) is 16.6 Å². The highest BCUT2D eigenvalue weighted by Gasteiger charge is 2.18. The van der Waals surface area contributed by atoms with Crippen LogP contribution in [0.2, 0.25) is 0 Å². The van der Waals surface area contributed by atoms with Gasteiger partial charge < -0.3 is 10.0 Å². The molecular formula is C14H19N5O3. The number of carbonyl (C=O) groups is 2. The van der Waals surface area contributed by atoms with E-state index in [9.17, 15) is 9.59 Å². The van der Waals surface area contributed by atoms with Crippen LogP contribution < -0.4 is 0 Å². The average Bonchev–Trinajstić information content (AvgIpc) is 2.99. The second kappa shape index (κ2) is 6.00. The van der Waals surface area contributed by atoms with E-state index in [1.807, 2.05) is 20.9 Å². The van der Waals surface area contributed by atoms with Gasteiger partial charge in [0.2, 0.25) is 5.91 Å². The highest BCUT2D eigenvalue weighted by atomic mass is 16.4. The zero-order valence-electron chi connectivity index (χ0n) is 13.1. The van der Waals surface area contributed by atoms with Crippen molar-refractivity contribution < 1.29 is 14.7 Å². The summed E-state index contributed by atoms with van der Waals surface area (Å²) in [4.78, 5) is 24.8. The predicted octanol–water partition coefficient (Wildman–Crippen LogP) is 0.590. The Bertz CT molecular complexity index is 716. The molecule has 0 aliphatic heterocycles. The monoisotopic (exact) mass is 305 g/mol. The van der Waals surface area contributed by atoms with Crippen LogP contribution in [0, 0.1) is 13.8 Å². The summed E-state index contributed by atoms with van der Waals surface area (Å²) in [5, 5.41) is 17.2. The van der Waals surface area contributed by atoms with Gasteiger partial charge in [0.25, 0.3) is 0 Å².